The molecule has 1 fully saturated rings. The van der Waals surface area contributed by atoms with Crippen LogP contribution in [0.4, 0.5) is 17.6 Å². The van der Waals surface area contributed by atoms with Crippen LogP contribution in [-0.4, -0.2) is 29.1 Å². The first-order chi connectivity index (χ1) is 17.6. The van der Waals surface area contributed by atoms with Gasteiger partial charge in [-0.15, -0.1) is 0 Å². The molecule has 1 aliphatic heterocycles. The Balaban J connectivity index is 2.03. The molecule has 196 valence electrons. The van der Waals surface area contributed by atoms with Crippen LogP contribution in [0.1, 0.15) is 67.3 Å². The minimum atomic E-state index is -4.74. The molecule has 0 spiro atoms. The Morgan fingerprint density at radius 3 is 2.16 bits per heavy atom. The van der Waals surface area contributed by atoms with Gasteiger partial charge in [-0.1, -0.05) is 56.3 Å². The molecule has 1 N–H and O–H groups in total. The quantitative estimate of drug-likeness (QED) is 0.326. The third kappa shape index (κ3) is 5.87. The van der Waals surface area contributed by atoms with Crippen molar-refractivity contribution in [1.29, 1.82) is 0 Å². The molecule has 2 atom stereocenters. The summed E-state index contributed by atoms with van der Waals surface area (Å²) in [6.07, 6.45) is -2.91. The number of piperidine rings is 1. The van der Waals surface area contributed by atoms with Crippen molar-refractivity contribution >= 4 is 5.97 Å². The number of halogens is 4. The highest BCUT2D eigenvalue weighted by Crippen LogP contribution is 2.45. The van der Waals surface area contributed by atoms with E-state index in [0.717, 1.165) is 18.9 Å². The summed E-state index contributed by atoms with van der Waals surface area (Å²) in [5.74, 6) is -2.50. The van der Waals surface area contributed by atoms with Crippen LogP contribution in [0.3, 0.4) is 0 Å². The smallest absolute Gasteiger partial charge is 0.416 e. The Labute approximate surface area is 214 Å². The lowest BCUT2D eigenvalue weighted by Gasteiger charge is -2.38. The molecule has 1 heterocycles. The third-order valence-electron chi connectivity index (χ3n) is 7.36. The topological polar surface area (TPSA) is 40.5 Å². The zero-order valence-corrected chi connectivity index (χ0v) is 20.9. The van der Waals surface area contributed by atoms with Gasteiger partial charge in [-0.3, -0.25) is 9.69 Å². The third-order valence-corrected chi connectivity index (χ3v) is 7.36. The van der Waals surface area contributed by atoms with Gasteiger partial charge in [-0.2, -0.15) is 13.2 Å². The number of hydrogen-bond acceptors (Lipinski definition) is 2. The van der Waals surface area contributed by atoms with E-state index in [1.54, 1.807) is 31.2 Å². The molecule has 0 saturated carbocycles. The van der Waals surface area contributed by atoms with Crippen molar-refractivity contribution in [3.05, 3.63) is 94.8 Å². The lowest BCUT2D eigenvalue weighted by molar-refractivity contribution is -0.141. The van der Waals surface area contributed by atoms with Gasteiger partial charge in [0.2, 0.25) is 0 Å². The molecule has 7 heteroatoms. The van der Waals surface area contributed by atoms with Gasteiger partial charge in [-0.05, 0) is 90.4 Å². The maximum atomic E-state index is 14.5. The van der Waals surface area contributed by atoms with Crippen molar-refractivity contribution in [2.45, 2.75) is 51.2 Å². The van der Waals surface area contributed by atoms with Gasteiger partial charge in [0.15, 0.2) is 0 Å². The van der Waals surface area contributed by atoms with Crippen LogP contribution in [0.2, 0.25) is 0 Å². The summed E-state index contributed by atoms with van der Waals surface area (Å²) in [5, 5.41) is 9.78. The second-order valence-corrected chi connectivity index (χ2v) is 9.86. The number of nitrogens with zero attached hydrogens (tertiary/aromatic N) is 1. The van der Waals surface area contributed by atoms with E-state index in [-0.39, 0.29) is 12.0 Å². The molecule has 0 aromatic heterocycles. The molecule has 0 amide bonds. The lowest BCUT2D eigenvalue weighted by Crippen LogP contribution is -2.37. The molecule has 4 rings (SSSR count). The normalized spacial score (nSPS) is 16.9. The molecule has 37 heavy (non-hydrogen) atoms. The first-order valence-corrected chi connectivity index (χ1v) is 12.6. The molecular weight excluding hydrogens is 482 g/mol. The summed E-state index contributed by atoms with van der Waals surface area (Å²) in [5.41, 5.74) is 1.20. The van der Waals surface area contributed by atoms with Gasteiger partial charge in [0, 0.05) is 0 Å². The number of aliphatic carboxylic acids is 1. The highest BCUT2D eigenvalue weighted by atomic mass is 19.4. The molecular formula is C30H31F4NO2. The van der Waals surface area contributed by atoms with Crippen molar-refractivity contribution in [2.24, 2.45) is 5.92 Å². The van der Waals surface area contributed by atoms with Crippen molar-refractivity contribution in [3.8, 4) is 11.1 Å². The van der Waals surface area contributed by atoms with Crippen LogP contribution < -0.4 is 0 Å². The van der Waals surface area contributed by atoms with Crippen LogP contribution in [0, 0.1) is 11.7 Å². The average Bonchev–Trinajstić information content (AvgIpc) is 2.87. The minimum absolute atomic E-state index is 0.0252. The monoisotopic (exact) mass is 513 g/mol. The van der Waals surface area contributed by atoms with Crippen LogP contribution in [0.5, 0.6) is 0 Å². The highest BCUT2D eigenvalue weighted by molar-refractivity contribution is 5.79. The van der Waals surface area contributed by atoms with E-state index in [0.29, 0.717) is 41.3 Å². The number of carboxylic acid groups (broad SMARTS) is 1. The van der Waals surface area contributed by atoms with Crippen LogP contribution >= 0.6 is 0 Å². The largest absolute Gasteiger partial charge is 0.481 e. The standard InChI is InChI=1S/C30H31F4NO2/c1-3-23(29(36)37)25-17-24(20-7-5-4-6-8-20)26(18-27(25)30(32,33)34)28(21-9-11-22(31)12-10-21)35-15-13-19(2)14-16-35/h4-12,17-19,23,28H,3,13-16H2,1-2H3,(H,36,37)/t23-,28+/m0/s1. The van der Waals surface area contributed by atoms with Gasteiger partial charge in [0.1, 0.15) is 5.82 Å². The number of carboxylic acids is 1. The van der Waals surface area contributed by atoms with Crippen LogP contribution in [0.25, 0.3) is 11.1 Å². The summed E-state index contributed by atoms with van der Waals surface area (Å²) in [4.78, 5) is 14.2. The zero-order chi connectivity index (χ0) is 26.7. The molecule has 1 aliphatic rings. The number of benzene rings is 3. The van der Waals surface area contributed by atoms with Crippen LogP contribution in [0.15, 0.2) is 66.7 Å². The SMILES string of the molecule is CC[C@H](C(=O)O)c1cc(-c2ccccc2)c([C@@H](c2ccc(F)cc2)N2CCC(C)CC2)cc1C(F)(F)F. The Hall–Kier alpha value is -3.19. The second-order valence-electron chi connectivity index (χ2n) is 9.86. The summed E-state index contributed by atoms with van der Waals surface area (Å²) < 4.78 is 57.3. The minimum Gasteiger partial charge on any atom is -0.481 e. The summed E-state index contributed by atoms with van der Waals surface area (Å²) >= 11 is 0. The zero-order valence-electron chi connectivity index (χ0n) is 20.9. The first-order valence-electron chi connectivity index (χ1n) is 12.6. The number of rotatable bonds is 7. The molecule has 3 nitrogen and oxygen atoms in total. The summed E-state index contributed by atoms with van der Waals surface area (Å²) in [6.45, 7) is 5.11. The van der Waals surface area contributed by atoms with E-state index in [1.165, 1.54) is 18.2 Å². The molecule has 0 aliphatic carbocycles. The van der Waals surface area contributed by atoms with Gasteiger partial charge < -0.3 is 5.11 Å². The molecule has 0 bridgehead atoms. The van der Waals surface area contributed by atoms with Gasteiger partial charge in [0.25, 0.3) is 0 Å². The Kier molecular flexibility index (Phi) is 8.02. The van der Waals surface area contributed by atoms with Crippen molar-refractivity contribution in [2.75, 3.05) is 13.1 Å². The number of alkyl halides is 3. The van der Waals surface area contributed by atoms with Crippen molar-refractivity contribution in [1.82, 2.24) is 4.90 Å². The van der Waals surface area contributed by atoms with Gasteiger partial charge in [0.05, 0.1) is 17.5 Å². The fourth-order valence-corrected chi connectivity index (χ4v) is 5.31. The lowest BCUT2D eigenvalue weighted by atomic mass is 9.82. The summed E-state index contributed by atoms with van der Waals surface area (Å²) in [7, 11) is 0. The average molecular weight is 514 g/mol. The van der Waals surface area contributed by atoms with Gasteiger partial charge >= 0.3 is 12.1 Å². The predicted molar refractivity (Wildman–Crippen MR) is 136 cm³/mol. The van der Waals surface area contributed by atoms with Crippen molar-refractivity contribution in [3.63, 3.8) is 0 Å². The Morgan fingerprint density at radius 1 is 1.00 bits per heavy atom. The Bertz CT molecular complexity index is 1220. The van der Waals surface area contributed by atoms with E-state index < -0.39 is 35.5 Å². The fourth-order valence-electron chi connectivity index (χ4n) is 5.31. The molecule has 0 unspecified atom stereocenters. The fraction of sp³-hybridized carbons (Fsp3) is 0.367. The predicted octanol–water partition coefficient (Wildman–Crippen LogP) is 7.91. The molecule has 3 aromatic carbocycles. The Morgan fingerprint density at radius 2 is 1.62 bits per heavy atom. The number of likely N-dealkylation sites (tertiary alicyclic amines) is 1. The molecule has 3 aromatic rings. The summed E-state index contributed by atoms with van der Waals surface area (Å²) in [6, 6.07) is 17.0. The molecule has 1 saturated heterocycles. The first kappa shape index (κ1) is 26.9. The van der Waals surface area contributed by atoms with E-state index in [2.05, 4.69) is 11.8 Å². The second kappa shape index (κ2) is 11.1. The van der Waals surface area contributed by atoms with E-state index >= 15 is 0 Å². The van der Waals surface area contributed by atoms with E-state index in [9.17, 15) is 27.5 Å². The van der Waals surface area contributed by atoms with Crippen molar-refractivity contribution < 1.29 is 27.5 Å². The molecule has 0 radical (unpaired) electrons. The maximum absolute atomic E-state index is 14.5. The number of carbonyl (C=O) groups is 1. The number of hydrogen-bond donors (Lipinski definition) is 1. The van der Waals surface area contributed by atoms with E-state index in [4.69, 9.17) is 0 Å². The van der Waals surface area contributed by atoms with E-state index in [1.807, 2.05) is 18.2 Å². The van der Waals surface area contributed by atoms with Gasteiger partial charge in [-0.25, -0.2) is 4.39 Å². The highest BCUT2D eigenvalue weighted by Gasteiger charge is 2.39. The van der Waals surface area contributed by atoms with Crippen LogP contribution in [-0.2, 0) is 11.0 Å². The maximum Gasteiger partial charge on any atom is 0.416 e.